The summed E-state index contributed by atoms with van der Waals surface area (Å²) in [5.41, 5.74) is 6.21. The number of hydrogen-bond donors (Lipinski definition) is 1. The molecule has 0 fully saturated rings. The first-order valence-corrected chi connectivity index (χ1v) is 5.58. The topological polar surface area (TPSA) is 104 Å². The largest absolute Gasteiger partial charge is 0.326 e. The first-order chi connectivity index (χ1) is 9.04. The lowest BCUT2D eigenvalue weighted by Gasteiger charge is -2.08. The second-order valence-corrected chi connectivity index (χ2v) is 3.95. The van der Waals surface area contributed by atoms with Crippen LogP contribution in [-0.4, -0.2) is 14.7 Å². The summed E-state index contributed by atoms with van der Waals surface area (Å²) in [6, 6.07) is 7.30. The van der Waals surface area contributed by atoms with Crippen LogP contribution in [0.4, 0.5) is 5.69 Å². The van der Waals surface area contributed by atoms with Crippen molar-refractivity contribution in [2.75, 3.05) is 0 Å². The number of hydrogen-bond acceptors (Lipinski definition) is 5. The molecule has 98 valence electrons. The zero-order valence-corrected chi connectivity index (χ0v) is 10.2. The highest BCUT2D eigenvalue weighted by molar-refractivity contribution is 5.51. The summed E-state index contributed by atoms with van der Waals surface area (Å²) in [6.45, 7) is 1.90. The van der Waals surface area contributed by atoms with Crippen LogP contribution < -0.4 is 11.3 Å². The van der Waals surface area contributed by atoms with E-state index >= 15 is 0 Å². The molecule has 7 nitrogen and oxygen atoms in total. The number of nitro groups is 1. The summed E-state index contributed by atoms with van der Waals surface area (Å²) in [6.07, 6.45) is 0. The van der Waals surface area contributed by atoms with Crippen LogP contribution in [0.5, 0.6) is 0 Å². The minimum absolute atomic E-state index is 0.143. The number of nitrogens with two attached hydrogens (primary N) is 1. The van der Waals surface area contributed by atoms with E-state index in [0.717, 1.165) is 4.68 Å². The van der Waals surface area contributed by atoms with Crippen LogP contribution in [0.1, 0.15) is 11.3 Å². The first-order valence-electron chi connectivity index (χ1n) is 5.58. The van der Waals surface area contributed by atoms with E-state index < -0.39 is 10.5 Å². The Morgan fingerprint density at radius 3 is 2.74 bits per heavy atom. The number of para-hydroxylation sites is 2. The summed E-state index contributed by atoms with van der Waals surface area (Å²) < 4.78 is 1.02. The van der Waals surface area contributed by atoms with Crippen molar-refractivity contribution in [3.63, 3.8) is 0 Å². The molecule has 19 heavy (non-hydrogen) atoms. The van der Waals surface area contributed by atoms with Gasteiger partial charge >= 0.3 is 0 Å². The summed E-state index contributed by atoms with van der Waals surface area (Å²) in [5, 5.41) is 15.0. The summed E-state index contributed by atoms with van der Waals surface area (Å²) >= 11 is 0. The van der Waals surface area contributed by atoms with Crippen LogP contribution in [0.25, 0.3) is 5.69 Å². The summed E-state index contributed by atoms with van der Waals surface area (Å²) in [4.78, 5) is 22.4. The maximum absolute atomic E-state index is 11.9. The molecule has 0 radical (unpaired) electrons. The Labute approximate surface area is 108 Å². The Morgan fingerprint density at radius 2 is 2.11 bits per heavy atom. The summed E-state index contributed by atoms with van der Waals surface area (Å²) in [7, 11) is 0. The molecule has 0 bridgehead atoms. The van der Waals surface area contributed by atoms with Gasteiger partial charge in [0, 0.05) is 18.7 Å². The second-order valence-electron chi connectivity index (χ2n) is 3.95. The van der Waals surface area contributed by atoms with E-state index in [4.69, 9.17) is 5.73 Å². The molecule has 2 N–H and O–H groups in total. The van der Waals surface area contributed by atoms with Crippen molar-refractivity contribution in [2.45, 2.75) is 13.5 Å². The van der Waals surface area contributed by atoms with E-state index in [1.165, 1.54) is 24.3 Å². The molecular formula is C12H12N4O3. The van der Waals surface area contributed by atoms with Gasteiger partial charge in [-0.25, -0.2) is 0 Å². The highest BCUT2D eigenvalue weighted by Crippen LogP contribution is 2.20. The van der Waals surface area contributed by atoms with Gasteiger partial charge in [-0.2, -0.15) is 9.78 Å². The van der Waals surface area contributed by atoms with Gasteiger partial charge in [-0.1, -0.05) is 12.1 Å². The van der Waals surface area contributed by atoms with Crippen LogP contribution >= 0.6 is 0 Å². The molecule has 0 aliphatic rings. The molecule has 0 saturated carbocycles. The predicted octanol–water partition coefficient (Wildman–Crippen LogP) is 0.908. The van der Waals surface area contributed by atoms with E-state index in [-0.39, 0.29) is 17.9 Å². The fraction of sp³-hybridized carbons (Fsp3) is 0.167. The third kappa shape index (κ3) is 2.36. The number of rotatable bonds is 3. The van der Waals surface area contributed by atoms with E-state index in [1.54, 1.807) is 13.0 Å². The van der Waals surface area contributed by atoms with Crippen molar-refractivity contribution in [1.29, 1.82) is 0 Å². The zero-order chi connectivity index (χ0) is 14.0. The highest BCUT2D eigenvalue weighted by atomic mass is 16.6. The first kappa shape index (κ1) is 12.9. The lowest BCUT2D eigenvalue weighted by molar-refractivity contribution is -0.384. The number of benzene rings is 1. The number of nitrogens with zero attached hydrogens (tertiary/aromatic N) is 3. The predicted molar refractivity (Wildman–Crippen MR) is 69.1 cm³/mol. The molecule has 7 heteroatoms. The Morgan fingerprint density at radius 1 is 1.42 bits per heavy atom. The molecule has 0 saturated heterocycles. The van der Waals surface area contributed by atoms with Crippen molar-refractivity contribution in [2.24, 2.45) is 5.73 Å². The van der Waals surface area contributed by atoms with Crippen molar-refractivity contribution < 1.29 is 4.92 Å². The summed E-state index contributed by atoms with van der Waals surface area (Å²) in [5.74, 6) is 0. The molecule has 1 aromatic carbocycles. The Balaban J connectivity index is 2.70. The molecule has 2 rings (SSSR count). The lowest BCUT2D eigenvalue weighted by atomic mass is 10.2. The fourth-order valence-electron chi connectivity index (χ4n) is 1.76. The fourth-order valence-corrected chi connectivity index (χ4v) is 1.76. The number of aryl methyl sites for hydroxylation is 1. The van der Waals surface area contributed by atoms with E-state index in [2.05, 4.69) is 5.10 Å². The van der Waals surface area contributed by atoms with Crippen LogP contribution in [0.3, 0.4) is 0 Å². The third-order valence-electron chi connectivity index (χ3n) is 2.75. The van der Waals surface area contributed by atoms with Crippen LogP contribution in [0, 0.1) is 17.0 Å². The van der Waals surface area contributed by atoms with Gasteiger partial charge in [-0.3, -0.25) is 14.9 Å². The molecule has 0 atom stereocenters. The molecule has 0 amide bonds. The molecule has 0 aliphatic heterocycles. The maximum atomic E-state index is 11.9. The lowest BCUT2D eigenvalue weighted by Crippen LogP contribution is -2.24. The SMILES string of the molecule is Cc1nn(-c2ccccc2[N+](=O)[O-])c(=O)cc1CN. The average Bonchev–Trinajstić information content (AvgIpc) is 2.40. The van der Waals surface area contributed by atoms with Crippen molar-refractivity contribution in [3.8, 4) is 5.69 Å². The smallest absolute Gasteiger partial charge is 0.295 e. The van der Waals surface area contributed by atoms with Crippen molar-refractivity contribution >= 4 is 5.69 Å². The molecule has 1 heterocycles. The van der Waals surface area contributed by atoms with Crippen molar-refractivity contribution in [3.05, 3.63) is 62.1 Å². The maximum Gasteiger partial charge on any atom is 0.295 e. The molecule has 1 aromatic heterocycles. The minimum Gasteiger partial charge on any atom is -0.326 e. The molecule has 0 aliphatic carbocycles. The van der Waals surface area contributed by atoms with Gasteiger partial charge in [0.1, 0.15) is 5.69 Å². The molecular weight excluding hydrogens is 248 g/mol. The Kier molecular flexibility index (Phi) is 3.39. The number of aromatic nitrogens is 2. The van der Waals surface area contributed by atoms with Gasteiger partial charge in [0.15, 0.2) is 0 Å². The monoisotopic (exact) mass is 260 g/mol. The minimum atomic E-state index is -0.546. The standard InChI is InChI=1S/C12H12N4O3/c1-8-9(7-13)6-12(17)15(14-8)10-4-2-3-5-11(10)16(18)19/h2-6H,7,13H2,1H3. The zero-order valence-electron chi connectivity index (χ0n) is 10.2. The van der Waals surface area contributed by atoms with Gasteiger partial charge in [0.2, 0.25) is 0 Å². The van der Waals surface area contributed by atoms with Crippen LogP contribution in [0.15, 0.2) is 35.1 Å². The van der Waals surface area contributed by atoms with Crippen LogP contribution in [0.2, 0.25) is 0 Å². The van der Waals surface area contributed by atoms with Crippen molar-refractivity contribution in [1.82, 2.24) is 9.78 Å². The van der Waals surface area contributed by atoms with Gasteiger partial charge in [-0.15, -0.1) is 0 Å². The normalized spacial score (nSPS) is 10.4. The molecule has 0 unspecified atom stereocenters. The van der Waals surface area contributed by atoms with E-state index in [9.17, 15) is 14.9 Å². The van der Waals surface area contributed by atoms with Crippen LogP contribution in [-0.2, 0) is 6.54 Å². The number of nitro benzene ring substituents is 1. The third-order valence-corrected chi connectivity index (χ3v) is 2.75. The van der Waals surface area contributed by atoms with Gasteiger partial charge in [0.25, 0.3) is 11.2 Å². The van der Waals surface area contributed by atoms with Gasteiger partial charge in [-0.05, 0) is 18.6 Å². The van der Waals surface area contributed by atoms with Gasteiger partial charge < -0.3 is 5.73 Å². The molecule has 0 spiro atoms. The Hall–Kier alpha value is -2.54. The van der Waals surface area contributed by atoms with Gasteiger partial charge in [0.05, 0.1) is 10.6 Å². The van der Waals surface area contributed by atoms with E-state index in [1.807, 2.05) is 0 Å². The quantitative estimate of drug-likeness (QED) is 0.652. The van der Waals surface area contributed by atoms with E-state index in [0.29, 0.717) is 11.3 Å². The Bertz CT molecular complexity index is 694. The molecule has 2 aromatic rings. The second kappa shape index (κ2) is 4.99. The average molecular weight is 260 g/mol. The highest BCUT2D eigenvalue weighted by Gasteiger charge is 2.16.